The zero-order valence-corrected chi connectivity index (χ0v) is 13.6. The van der Waals surface area contributed by atoms with E-state index in [9.17, 15) is 14.0 Å². The van der Waals surface area contributed by atoms with Crippen molar-refractivity contribution in [3.8, 4) is 5.75 Å². The molecule has 1 aliphatic carbocycles. The van der Waals surface area contributed by atoms with Gasteiger partial charge in [-0.05, 0) is 23.3 Å². The summed E-state index contributed by atoms with van der Waals surface area (Å²) in [6.45, 7) is -0.0397. The number of alkyl halides is 1. The lowest BCUT2D eigenvalue weighted by Crippen LogP contribution is -2.34. The molecule has 1 fully saturated rings. The van der Waals surface area contributed by atoms with Crippen molar-refractivity contribution in [1.29, 1.82) is 0 Å². The van der Waals surface area contributed by atoms with Crippen molar-refractivity contribution in [1.82, 2.24) is 5.32 Å². The number of carbonyl (C=O) groups excluding carboxylic acids is 2. The van der Waals surface area contributed by atoms with Gasteiger partial charge in [-0.15, -0.1) is 0 Å². The molecule has 2 aromatic rings. The molecule has 0 aliphatic heterocycles. The average molecular weight is 342 g/mol. The van der Waals surface area contributed by atoms with Crippen LogP contribution in [0, 0.1) is 0 Å². The second kappa shape index (κ2) is 6.93. The Kier molecular flexibility index (Phi) is 4.70. The van der Waals surface area contributed by atoms with Gasteiger partial charge >= 0.3 is 0 Å². The fourth-order valence-corrected chi connectivity index (χ4v) is 2.79. The maximum Gasteiger partial charge on any atom is 0.258 e. The molecule has 2 amide bonds. The summed E-state index contributed by atoms with van der Waals surface area (Å²) < 4.78 is 20.0. The van der Waals surface area contributed by atoms with Crippen LogP contribution in [0.2, 0.25) is 0 Å². The number of amides is 2. The highest BCUT2D eigenvalue weighted by Crippen LogP contribution is 2.54. The number of rotatable bonds is 7. The quantitative estimate of drug-likeness (QED) is 0.808. The van der Waals surface area contributed by atoms with Crippen molar-refractivity contribution < 1.29 is 18.7 Å². The van der Waals surface area contributed by atoms with Crippen LogP contribution in [0.15, 0.2) is 54.6 Å². The molecule has 6 heteroatoms. The van der Waals surface area contributed by atoms with Crippen molar-refractivity contribution in [2.75, 3.05) is 6.61 Å². The van der Waals surface area contributed by atoms with Crippen molar-refractivity contribution in [3.05, 3.63) is 65.7 Å². The first-order valence-corrected chi connectivity index (χ1v) is 8.01. The smallest absolute Gasteiger partial charge is 0.258 e. The number of hydrogen-bond acceptors (Lipinski definition) is 3. The van der Waals surface area contributed by atoms with E-state index >= 15 is 0 Å². The van der Waals surface area contributed by atoms with Crippen LogP contribution >= 0.6 is 0 Å². The fraction of sp³-hybridized carbons (Fsp3) is 0.263. The molecule has 2 atom stereocenters. The Bertz CT molecular complexity index is 781. The van der Waals surface area contributed by atoms with Gasteiger partial charge in [-0.2, -0.15) is 0 Å². The van der Waals surface area contributed by atoms with Gasteiger partial charge in [-0.3, -0.25) is 9.59 Å². The first kappa shape index (κ1) is 17.0. The Morgan fingerprint density at radius 3 is 2.68 bits per heavy atom. The number of ether oxygens (including phenoxy) is 1. The van der Waals surface area contributed by atoms with Gasteiger partial charge in [-0.25, -0.2) is 4.39 Å². The molecule has 0 bridgehead atoms. The molecule has 1 saturated carbocycles. The minimum absolute atomic E-state index is 0.180. The zero-order valence-electron chi connectivity index (χ0n) is 13.6. The lowest BCUT2D eigenvalue weighted by atomic mass is 10.1. The van der Waals surface area contributed by atoms with Crippen LogP contribution in [-0.2, 0) is 16.1 Å². The number of halogens is 1. The third-order valence-corrected chi connectivity index (χ3v) is 4.21. The second-order valence-electron chi connectivity index (χ2n) is 6.11. The predicted molar refractivity (Wildman–Crippen MR) is 90.6 cm³/mol. The number of carbonyl (C=O) groups is 2. The molecule has 5 nitrogen and oxygen atoms in total. The molecular formula is C19H19FN2O3. The molecule has 2 aromatic carbocycles. The number of primary amides is 1. The summed E-state index contributed by atoms with van der Waals surface area (Å²) in [6.07, 6.45) is 0.199. The third kappa shape index (κ3) is 3.96. The van der Waals surface area contributed by atoms with Gasteiger partial charge in [0.2, 0.25) is 0 Å². The molecule has 3 rings (SSSR count). The Labute approximate surface area is 145 Å². The van der Waals surface area contributed by atoms with E-state index < -0.39 is 17.5 Å². The van der Waals surface area contributed by atoms with Crippen LogP contribution in [0.25, 0.3) is 0 Å². The fourth-order valence-electron chi connectivity index (χ4n) is 2.79. The standard InChI is InChI=1S/C19H19FN2O3/c20-19(10-16(19)14-6-2-1-3-7-14)18(24)22-11-13-5-4-8-15(9-13)25-12-17(21)23/h1-9,16H,10-12H2,(H2,21,23)(H,22,24)/t16-,19-/m0/s1. The van der Waals surface area contributed by atoms with Gasteiger partial charge in [-0.1, -0.05) is 42.5 Å². The second-order valence-corrected chi connectivity index (χ2v) is 6.11. The van der Waals surface area contributed by atoms with E-state index in [2.05, 4.69) is 5.32 Å². The Balaban J connectivity index is 1.56. The monoisotopic (exact) mass is 342 g/mol. The summed E-state index contributed by atoms with van der Waals surface area (Å²) >= 11 is 0. The molecule has 0 spiro atoms. The molecule has 0 heterocycles. The molecule has 3 N–H and O–H groups in total. The summed E-state index contributed by atoms with van der Waals surface area (Å²) in [5.74, 6) is -1.10. The van der Waals surface area contributed by atoms with Gasteiger partial charge in [0, 0.05) is 18.9 Å². The predicted octanol–water partition coefficient (Wildman–Crippen LogP) is 2.06. The number of nitrogens with two attached hydrogens (primary N) is 1. The summed E-state index contributed by atoms with van der Waals surface area (Å²) in [6, 6.07) is 16.1. The van der Waals surface area contributed by atoms with E-state index in [-0.39, 0.29) is 25.5 Å². The van der Waals surface area contributed by atoms with Crippen molar-refractivity contribution in [2.24, 2.45) is 5.73 Å². The molecule has 0 radical (unpaired) electrons. The Hall–Kier alpha value is -2.89. The normalized spacial score (nSPS) is 21.4. The van der Waals surface area contributed by atoms with Crippen LogP contribution in [0.4, 0.5) is 4.39 Å². The molecule has 25 heavy (non-hydrogen) atoms. The lowest BCUT2D eigenvalue weighted by Gasteiger charge is -2.11. The largest absolute Gasteiger partial charge is 0.484 e. The number of nitrogens with one attached hydrogen (secondary N) is 1. The van der Waals surface area contributed by atoms with Gasteiger partial charge < -0.3 is 15.8 Å². The molecule has 1 aliphatic rings. The van der Waals surface area contributed by atoms with E-state index in [0.717, 1.165) is 11.1 Å². The Morgan fingerprint density at radius 1 is 1.20 bits per heavy atom. The third-order valence-electron chi connectivity index (χ3n) is 4.21. The van der Waals surface area contributed by atoms with Crippen LogP contribution in [0.1, 0.15) is 23.5 Å². The van der Waals surface area contributed by atoms with Crippen LogP contribution in [0.3, 0.4) is 0 Å². The molecule has 0 unspecified atom stereocenters. The van der Waals surface area contributed by atoms with E-state index in [1.165, 1.54) is 0 Å². The zero-order chi connectivity index (χ0) is 17.9. The average Bonchev–Trinajstić information content (AvgIpc) is 3.32. The number of hydrogen-bond donors (Lipinski definition) is 2. The van der Waals surface area contributed by atoms with Crippen molar-refractivity contribution in [3.63, 3.8) is 0 Å². The van der Waals surface area contributed by atoms with Gasteiger partial charge in [0.15, 0.2) is 12.3 Å². The molecule has 0 aromatic heterocycles. The van der Waals surface area contributed by atoms with Gasteiger partial charge in [0.05, 0.1) is 0 Å². The molecular weight excluding hydrogens is 323 g/mol. The summed E-state index contributed by atoms with van der Waals surface area (Å²) in [7, 11) is 0. The van der Waals surface area contributed by atoms with Gasteiger partial charge in [0.25, 0.3) is 11.8 Å². The van der Waals surface area contributed by atoms with E-state index in [1.807, 2.05) is 30.3 Å². The summed E-state index contributed by atoms with van der Waals surface area (Å²) in [5.41, 5.74) is 4.77. The van der Waals surface area contributed by atoms with Crippen LogP contribution in [-0.4, -0.2) is 24.1 Å². The SMILES string of the molecule is NC(=O)COc1cccc(CNC(=O)[C@]2(F)C[C@H]2c2ccccc2)c1. The summed E-state index contributed by atoms with van der Waals surface area (Å²) in [4.78, 5) is 22.9. The highest BCUT2D eigenvalue weighted by atomic mass is 19.1. The van der Waals surface area contributed by atoms with Gasteiger partial charge in [0.1, 0.15) is 5.75 Å². The summed E-state index contributed by atoms with van der Waals surface area (Å²) in [5, 5.41) is 2.63. The molecule has 130 valence electrons. The van der Waals surface area contributed by atoms with Crippen LogP contribution < -0.4 is 15.8 Å². The van der Waals surface area contributed by atoms with E-state index in [4.69, 9.17) is 10.5 Å². The van der Waals surface area contributed by atoms with E-state index in [0.29, 0.717) is 5.75 Å². The van der Waals surface area contributed by atoms with E-state index in [1.54, 1.807) is 24.3 Å². The maximum absolute atomic E-state index is 14.7. The maximum atomic E-state index is 14.7. The first-order chi connectivity index (χ1) is 12.0. The minimum Gasteiger partial charge on any atom is -0.484 e. The highest BCUT2D eigenvalue weighted by molar-refractivity contribution is 5.90. The first-order valence-electron chi connectivity index (χ1n) is 8.01. The van der Waals surface area contributed by atoms with Crippen LogP contribution in [0.5, 0.6) is 5.75 Å². The lowest BCUT2D eigenvalue weighted by molar-refractivity contribution is -0.127. The van der Waals surface area contributed by atoms with Crippen molar-refractivity contribution in [2.45, 2.75) is 24.6 Å². The molecule has 0 saturated heterocycles. The van der Waals surface area contributed by atoms with Crippen molar-refractivity contribution >= 4 is 11.8 Å². The number of benzene rings is 2. The topological polar surface area (TPSA) is 81.4 Å². The highest BCUT2D eigenvalue weighted by Gasteiger charge is 2.61. The Morgan fingerprint density at radius 2 is 1.96 bits per heavy atom. The minimum atomic E-state index is -1.85.